The van der Waals surface area contributed by atoms with Crippen molar-refractivity contribution >= 4 is 15.7 Å². The molecule has 0 saturated heterocycles. The number of nitrogens with one attached hydrogen (secondary N) is 1. The second kappa shape index (κ2) is 8.99. The molecule has 0 unspecified atom stereocenters. The Kier molecular flexibility index (Phi) is 6.83. The summed E-state index contributed by atoms with van der Waals surface area (Å²) in [6.45, 7) is 0.127. The minimum atomic E-state index is -4.68. The maximum absolute atomic E-state index is 12.9. The summed E-state index contributed by atoms with van der Waals surface area (Å²) in [5, 5.41) is 4.97. The summed E-state index contributed by atoms with van der Waals surface area (Å²) in [5.74, 6) is -0.851. The Morgan fingerprint density at radius 1 is 1.06 bits per heavy atom. The molecule has 1 N–H and O–H groups in total. The lowest BCUT2D eigenvalue weighted by Gasteiger charge is -2.28. The largest absolute Gasteiger partial charge is 0.435 e. The van der Waals surface area contributed by atoms with E-state index in [1.165, 1.54) is 7.05 Å². The number of aryl methyl sites for hydroxylation is 1. The lowest BCUT2D eigenvalue weighted by molar-refractivity contribution is -0.141. The molecule has 1 aliphatic rings. The first-order valence-corrected chi connectivity index (χ1v) is 11.5. The fourth-order valence-corrected chi connectivity index (χ4v) is 5.67. The molecule has 1 saturated carbocycles. The molecule has 0 spiro atoms. The molecule has 0 bridgehead atoms. The average molecular weight is 497 g/mol. The van der Waals surface area contributed by atoms with E-state index in [0.29, 0.717) is 25.0 Å². The summed E-state index contributed by atoms with van der Waals surface area (Å²) in [5.41, 5.74) is -2.48. The van der Waals surface area contributed by atoms with Crippen LogP contribution in [0.2, 0.25) is 0 Å². The van der Waals surface area contributed by atoms with Gasteiger partial charge in [-0.05, 0) is 49.8 Å². The molecule has 13 heteroatoms. The first-order chi connectivity index (χ1) is 15.2. The van der Waals surface area contributed by atoms with Crippen LogP contribution in [0.4, 0.5) is 26.3 Å². The number of nitrogens with zero attached hydrogens (tertiary/aromatic N) is 2. The maximum Gasteiger partial charge on any atom is 0.435 e. The number of rotatable bonds is 5. The maximum atomic E-state index is 12.9. The van der Waals surface area contributed by atoms with Gasteiger partial charge in [0.1, 0.15) is 5.69 Å². The number of carbonyl (C=O) groups is 1. The van der Waals surface area contributed by atoms with Gasteiger partial charge in [-0.25, -0.2) is 8.42 Å². The molecule has 1 fully saturated rings. The summed E-state index contributed by atoms with van der Waals surface area (Å²) < 4.78 is 103. The minimum Gasteiger partial charge on any atom is -0.350 e. The van der Waals surface area contributed by atoms with Crippen molar-refractivity contribution in [3.05, 3.63) is 47.3 Å². The molecule has 3 rings (SSSR count). The molecule has 182 valence electrons. The number of hydrogen-bond donors (Lipinski definition) is 1. The number of alkyl halides is 6. The SMILES string of the molecule is Cn1nc(C(F)(F)F)cc1C(=O)NC[C@H]1CC[C@@H](S(=O)(=O)c2cccc(C(F)(F)F)c2)CC1. The number of hydrogen-bond acceptors (Lipinski definition) is 4. The summed E-state index contributed by atoms with van der Waals surface area (Å²) in [6, 6.07) is 4.27. The lowest BCUT2D eigenvalue weighted by Crippen LogP contribution is -2.34. The number of amides is 1. The van der Waals surface area contributed by atoms with Crippen molar-refractivity contribution in [1.82, 2.24) is 15.1 Å². The van der Waals surface area contributed by atoms with Crippen molar-refractivity contribution in [2.24, 2.45) is 13.0 Å². The van der Waals surface area contributed by atoms with Crippen molar-refractivity contribution < 1.29 is 39.6 Å². The molecule has 0 radical (unpaired) electrons. The molecule has 0 atom stereocenters. The van der Waals surface area contributed by atoms with E-state index in [-0.39, 0.29) is 35.9 Å². The molecule has 1 aliphatic carbocycles. The molecular weight excluding hydrogens is 476 g/mol. The summed E-state index contributed by atoms with van der Waals surface area (Å²) in [6.07, 6.45) is -8.16. The highest BCUT2D eigenvalue weighted by atomic mass is 32.2. The van der Waals surface area contributed by atoms with Crippen LogP contribution < -0.4 is 5.32 Å². The van der Waals surface area contributed by atoms with E-state index in [1.54, 1.807) is 0 Å². The van der Waals surface area contributed by atoms with Gasteiger partial charge in [-0.1, -0.05) is 6.07 Å². The third-order valence-electron chi connectivity index (χ3n) is 5.68. The van der Waals surface area contributed by atoms with Crippen molar-refractivity contribution in [3.63, 3.8) is 0 Å². The Labute approximate surface area is 185 Å². The van der Waals surface area contributed by atoms with Crippen LogP contribution in [-0.4, -0.2) is 35.9 Å². The molecular formula is C20H21F6N3O3S. The highest BCUT2D eigenvalue weighted by Gasteiger charge is 2.37. The quantitative estimate of drug-likeness (QED) is 0.628. The van der Waals surface area contributed by atoms with E-state index in [1.807, 2.05) is 0 Å². The predicted molar refractivity (Wildman–Crippen MR) is 105 cm³/mol. The number of halogens is 6. The van der Waals surface area contributed by atoms with Crippen LogP contribution in [0.15, 0.2) is 35.2 Å². The number of carbonyl (C=O) groups excluding carboxylic acids is 1. The van der Waals surface area contributed by atoms with Crippen molar-refractivity contribution in [1.29, 1.82) is 0 Å². The molecule has 1 aromatic heterocycles. The lowest BCUT2D eigenvalue weighted by atomic mass is 9.89. The smallest absolute Gasteiger partial charge is 0.350 e. The van der Waals surface area contributed by atoms with Gasteiger partial charge in [0, 0.05) is 19.7 Å². The average Bonchev–Trinajstić information content (AvgIpc) is 3.14. The fraction of sp³-hybridized carbons (Fsp3) is 0.500. The number of aromatic nitrogens is 2. The van der Waals surface area contributed by atoms with E-state index in [4.69, 9.17) is 0 Å². The standard InChI is InChI=1S/C20H21F6N3O3S/c1-29-16(10-17(28-29)20(24,25)26)18(30)27-11-12-5-7-14(8-6-12)33(31,32)15-4-2-3-13(9-15)19(21,22)23/h2-4,9-10,12,14H,5-8,11H2,1H3,(H,27,30)/t12-,14+. The van der Waals surface area contributed by atoms with Crippen LogP contribution in [0.3, 0.4) is 0 Å². The molecule has 33 heavy (non-hydrogen) atoms. The molecule has 1 amide bonds. The van der Waals surface area contributed by atoms with Crippen molar-refractivity contribution in [3.8, 4) is 0 Å². The Morgan fingerprint density at radius 2 is 1.70 bits per heavy atom. The Bertz CT molecular complexity index is 1120. The van der Waals surface area contributed by atoms with Gasteiger partial charge < -0.3 is 5.32 Å². The van der Waals surface area contributed by atoms with E-state index in [2.05, 4.69) is 10.4 Å². The van der Waals surface area contributed by atoms with Gasteiger partial charge in [0.15, 0.2) is 15.5 Å². The van der Waals surface area contributed by atoms with Crippen LogP contribution in [0.5, 0.6) is 0 Å². The zero-order chi connectivity index (χ0) is 24.6. The minimum absolute atomic E-state index is 0.114. The molecule has 2 aromatic rings. The highest BCUT2D eigenvalue weighted by molar-refractivity contribution is 7.92. The first kappa shape index (κ1) is 25.1. The number of benzene rings is 1. The zero-order valence-electron chi connectivity index (χ0n) is 17.4. The van der Waals surface area contributed by atoms with Crippen LogP contribution in [0.25, 0.3) is 0 Å². The zero-order valence-corrected chi connectivity index (χ0v) is 18.2. The monoisotopic (exact) mass is 497 g/mol. The van der Waals surface area contributed by atoms with Crippen LogP contribution in [0.1, 0.15) is 47.4 Å². The second-order valence-electron chi connectivity index (χ2n) is 7.96. The van der Waals surface area contributed by atoms with Crippen LogP contribution in [0, 0.1) is 5.92 Å². The third-order valence-corrected chi connectivity index (χ3v) is 7.94. The first-order valence-electron chi connectivity index (χ1n) is 10.00. The summed E-state index contributed by atoms with van der Waals surface area (Å²) in [7, 11) is -2.75. The molecule has 1 heterocycles. The normalized spacial score (nSPS) is 20.0. The predicted octanol–water partition coefficient (Wildman–Crippen LogP) is 4.22. The van der Waals surface area contributed by atoms with E-state index < -0.39 is 44.6 Å². The summed E-state index contributed by atoms with van der Waals surface area (Å²) >= 11 is 0. The van der Waals surface area contributed by atoms with Crippen molar-refractivity contribution in [2.75, 3.05) is 6.54 Å². The van der Waals surface area contributed by atoms with Gasteiger partial charge in [-0.15, -0.1) is 0 Å². The topological polar surface area (TPSA) is 81.1 Å². The molecule has 6 nitrogen and oxygen atoms in total. The Morgan fingerprint density at radius 3 is 2.24 bits per heavy atom. The molecule has 1 aromatic carbocycles. The van der Waals surface area contributed by atoms with Gasteiger partial charge in [-0.3, -0.25) is 9.48 Å². The van der Waals surface area contributed by atoms with E-state index in [0.717, 1.165) is 22.9 Å². The molecule has 0 aliphatic heterocycles. The van der Waals surface area contributed by atoms with Crippen molar-refractivity contribution in [2.45, 2.75) is 48.2 Å². The van der Waals surface area contributed by atoms with Crippen LogP contribution in [-0.2, 0) is 29.2 Å². The number of sulfone groups is 1. The van der Waals surface area contributed by atoms with Gasteiger partial charge in [0.25, 0.3) is 5.91 Å². The van der Waals surface area contributed by atoms with E-state index >= 15 is 0 Å². The van der Waals surface area contributed by atoms with Gasteiger partial charge in [-0.2, -0.15) is 31.4 Å². The second-order valence-corrected chi connectivity index (χ2v) is 10.2. The van der Waals surface area contributed by atoms with Gasteiger partial charge in [0.05, 0.1) is 15.7 Å². The van der Waals surface area contributed by atoms with Gasteiger partial charge >= 0.3 is 12.4 Å². The fourth-order valence-electron chi connectivity index (χ4n) is 3.83. The Hall–Kier alpha value is -2.57. The Balaban J connectivity index is 1.58. The third kappa shape index (κ3) is 5.68. The van der Waals surface area contributed by atoms with Gasteiger partial charge in [0.2, 0.25) is 0 Å². The van der Waals surface area contributed by atoms with Crippen LogP contribution >= 0.6 is 0 Å². The summed E-state index contributed by atoms with van der Waals surface area (Å²) in [4.78, 5) is 11.9. The highest BCUT2D eigenvalue weighted by Crippen LogP contribution is 2.35. The van der Waals surface area contributed by atoms with E-state index in [9.17, 15) is 39.6 Å².